The Bertz CT molecular complexity index is 389. The van der Waals surface area contributed by atoms with Crippen LogP contribution in [0, 0.1) is 13.8 Å². The Labute approximate surface area is 109 Å². The lowest BCUT2D eigenvalue weighted by atomic mass is 9.99. The van der Waals surface area contributed by atoms with E-state index in [1.165, 1.54) is 28.9 Å². The van der Waals surface area contributed by atoms with Gasteiger partial charge in [0.1, 0.15) is 0 Å². The molecule has 1 aliphatic rings. The normalized spacial score (nSPS) is 26.1. The summed E-state index contributed by atoms with van der Waals surface area (Å²) in [6.45, 7) is 8.98. The summed E-state index contributed by atoms with van der Waals surface area (Å²) in [6, 6.07) is 7.91. The monoisotopic (exact) mass is 249 g/mol. The third-order valence-corrected chi connectivity index (χ3v) is 4.93. The van der Waals surface area contributed by atoms with E-state index in [0.29, 0.717) is 12.1 Å². The number of nitrogens with one attached hydrogen (secondary N) is 1. The largest absolute Gasteiger partial charge is 0.307 e. The lowest BCUT2D eigenvalue weighted by Gasteiger charge is -2.21. The highest BCUT2D eigenvalue weighted by Gasteiger charge is 2.23. The van der Waals surface area contributed by atoms with E-state index in [0.717, 1.165) is 5.25 Å². The molecule has 1 aromatic rings. The first-order valence-electron chi connectivity index (χ1n) is 6.51. The topological polar surface area (TPSA) is 12.0 Å². The molecule has 1 fully saturated rings. The van der Waals surface area contributed by atoms with Gasteiger partial charge in [0.25, 0.3) is 0 Å². The minimum absolute atomic E-state index is 0.464. The van der Waals surface area contributed by atoms with Gasteiger partial charge in [-0.05, 0) is 38.3 Å². The molecule has 1 aliphatic heterocycles. The molecule has 1 nitrogen and oxygen atoms in total. The Morgan fingerprint density at radius 2 is 2.12 bits per heavy atom. The smallest absolute Gasteiger partial charge is 0.0297 e. The molecule has 0 aliphatic carbocycles. The third kappa shape index (κ3) is 3.26. The first-order valence-corrected chi connectivity index (χ1v) is 7.56. The fourth-order valence-electron chi connectivity index (χ4n) is 2.69. The van der Waals surface area contributed by atoms with E-state index in [1.54, 1.807) is 0 Å². The highest BCUT2D eigenvalue weighted by Crippen LogP contribution is 2.28. The second-order valence-electron chi connectivity index (χ2n) is 5.32. The summed E-state index contributed by atoms with van der Waals surface area (Å²) in [5, 5.41) is 4.58. The van der Waals surface area contributed by atoms with E-state index >= 15 is 0 Å². The number of hydrogen-bond donors (Lipinski definition) is 1. The van der Waals surface area contributed by atoms with Gasteiger partial charge in [0.15, 0.2) is 0 Å². The van der Waals surface area contributed by atoms with E-state index in [9.17, 15) is 0 Å². The minimum atomic E-state index is 0.464. The summed E-state index contributed by atoms with van der Waals surface area (Å²) in [5.74, 6) is 1.26. The molecule has 0 bridgehead atoms. The summed E-state index contributed by atoms with van der Waals surface area (Å²) >= 11 is 2.09. The van der Waals surface area contributed by atoms with E-state index in [4.69, 9.17) is 0 Å². The summed E-state index contributed by atoms with van der Waals surface area (Å²) in [5.41, 5.74) is 4.20. The second-order valence-corrected chi connectivity index (χ2v) is 6.80. The van der Waals surface area contributed by atoms with E-state index in [-0.39, 0.29) is 0 Å². The SMILES string of the molecule is Cc1ccc(C(C)NC2CSC(C)C2)c(C)c1. The predicted octanol–water partition coefficient (Wildman–Crippen LogP) is 3.85. The van der Waals surface area contributed by atoms with Crippen LogP contribution in [0.2, 0.25) is 0 Å². The van der Waals surface area contributed by atoms with Crippen LogP contribution in [0.4, 0.5) is 0 Å². The zero-order chi connectivity index (χ0) is 12.4. The van der Waals surface area contributed by atoms with Gasteiger partial charge in [-0.1, -0.05) is 30.7 Å². The average Bonchev–Trinajstić information content (AvgIpc) is 2.63. The summed E-state index contributed by atoms with van der Waals surface area (Å²) in [6.07, 6.45) is 1.31. The maximum Gasteiger partial charge on any atom is 0.0297 e. The van der Waals surface area contributed by atoms with Crippen molar-refractivity contribution in [1.29, 1.82) is 0 Å². The van der Waals surface area contributed by atoms with Gasteiger partial charge in [0.05, 0.1) is 0 Å². The minimum Gasteiger partial charge on any atom is -0.307 e. The van der Waals surface area contributed by atoms with Crippen LogP contribution < -0.4 is 5.32 Å². The summed E-state index contributed by atoms with van der Waals surface area (Å²) in [7, 11) is 0. The van der Waals surface area contributed by atoms with Crippen molar-refractivity contribution in [3.8, 4) is 0 Å². The molecule has 0 amide bonds. The summed E-state index contributed by atoms with van der Waals surface area (Å²) in [4.78, 5) is 0. The van der Waals surface area contributed by atoms with Crippen molar-refractivity contribution in [3.63, 3.8) is 0 Å². The zero-order valence-corrected chi connectivity index (χ0v) is 12.1. The third-order valence-electron chi connectivity index (χ3n) is 3.58. The van der Waals surface area contributed by atoms with Crippen molar-refractivity contribution in [3.05, 3.63) is 34.9 Å². The van der Waals surface area contributed by atoms with Gasteiger partial charge < -0.3 is 5.32 Å². The highest BCUT2D eigenvalue weighted by molar-refractivity contribution is 8.00. The van der Waals surface area contributed by atoms with Gasteiger partial charge in [0.2, 0.25) is 0 Å². The molecule has 0 saturated carbocycles. The highest BCUT2D eigenvalue weighted by atomic mass is 32.2. The van der Waals surface area contributed by atoms with Crippen LogP contribution in [0.5, 0.6) is 0 Å². The molecule has 1 N–H and O–H groups in total. The fourth-order valence-corrected chi connectivity index (χ4v) is 3.85. The second kappa shape index (κ2) is 5.45. The molecule has 1 heterocycles. The van der Waals surface area contributed by atoms with Gasteiger partial charge in [0, 0.05) is 23.1 Å². The molecule has 1 saturated heterocycles. The molecular formula is C15H23NS. The van der Waals surface area contributed by atoms with Crippen molar-refractivity contribution in [2.75, 3.05) is 5.75 Å². The van der Waals surface area contributed by atoms with Crippen LogP contribution in [0.1, 0.15) is 43.0 Å². The molecular weight excluding hydrogens is 226 g/mol. The Balaban J connectivity index is 2.01. The van der Waals surface area contributed by atoms with Crippen LogP contribution in [-0.4, -0.2) is 17.0 Å². The van der Waals surface area contributed by atoms with Gasteiger partial charge in [-0.2, -0.15) is 11.8 Å². The fraction of sp³-hybridized carbons (Fsp3) is 0.600. The zero-order valence-electron chi connectivity index (χ0n) is 11.3. The average molecular weight is 249 g/mol. The van der Waals surface area contributed by atoms with Gasteiger partial charge in [-0.25, -0.2) is 0 Å². The van der Waals surface area contributed by atoms with Crippen molar-refractivity contribution in [2.24, 2.45) is 0 Å². The number of hydrogen-bond acceptors (Lipinski definition) is 2. The van der Waals surface area contributed by atoms with Crippen LogP contribution >= 0.6 is 11.8 Å². The van der Waals surface area contributed by atoms with Crippen molar-refractivity contribution < 1.29 is 0 Å². The van der Waals surface area contributed by atoms with Crippen molar-refractivity contribution in [1.82, 2.24) is 5.32 Å². The van der Waals surface area contributed by atoms with Gasteiger partial charge in [-0.3, -0.25) is 0 Å². The molecule has 0 radical (unpaired) electrons. The van der Waals surface area contributed by atoms with Crippen molar-refractivity contribution in [2.45, 2.75) is 51.4 Å². The predicted molar refractivity (Wildman–Crippen MR) is 77.8 cm³/mol. The Morgan fingerprint density at radius 1 is 1.35 bits per heavy atom. The summed E-state index contributed by atoms with van der Waals surface area (Å²) < 4.78 is 0. The molecule has 2 heteroatoms. The van der Waals surface area contributed by atoms with Crippen LogP contribution in [0.25, 0.3) is 0 Å². The first-order chi connectivity index (χ1) is 8.06. The molecule has 94 valence electrons. The molecule has 3 unspecified atom stereocenters. The van der Waals surface area contributed by atoms with Gasteiger partial charge in [-0.15, -0.1) is 0 Å². The number of aryl methyl sites for hydroxylation is 2. The maximum absolute atomic E-state index is 3.76. The lowest BCUT2D eigenvalue weighted by molar-refractivity contribution is 0.473. The Kier molecular flexibility index (Phi) is 4.16. The molecule has 0 aromatic heterocycles. The lowest BCUT2D eigenvalue weighted by Crippen LogP contribution is -2.31. The quantitative estimate of drug-likeness (QED) is 0.873. The number of thioether (sulfide) groups is 1. The Morgan fingerprint density at radius 3 is 2.71 bits per heavy atom. The van der Waals surface area contributed by atoms with E-state index < -0.39 is 0 Å². The van der Waals surface area contributed by atoms with Crippen LogP contribution in [-0.2, 0) is 0 Å². The standard InChI is InChI=1S/C15H23NS/c1-10-5-6-15(11(2)7-10)13(4)16-14-8-12(3)17-9-14/h5-7,12-14,16H,8-9H2,1-4H3. The molecule has 2 rings (SSSR count). The van der Waals surface area contributed by atoms with Crippen LogP contribution in [0.3, 0.4) is 0 Å². The number of benzene rings is 1. The maximum atomic E-state index is 3.76. The molecule has 3 atom stereocenters. The van der Waals surface area contributed by atoms with E-state index in [2.05, 4.69) is 63.0 Å². The van der Waals surface area contributed by atoms with Gasteiger partial charge >= 0.3 is 0 Å². The molecule has 1 aromatic carbocycles. The van der Waals surface area contributed by atoms with Crippen molar-refractivity contribution >= 4 is 11.8 Å². The van der Waals surface area contributed by atoms with E-state index in [1.807, 2.05) is 0 Å². The van der Waals surface area contributed by atoms with Crippen LogP contribution in [0.15, 0.2) is 18.2 Å². The number of rotatable bonds is 3. The Hall–Kier alpha value is -0.470. The molecule has 17 heavy (non-hydrogen) atoms. The first kappa shape index (κ1) is 13.0. The molecule has 0 spiro atoms.